The van der Waals surface area contributed by atoms with Crippen LogP contribution in [-0.2, 0) is 0 Å². The van der Waals surface area contributed by atoms with Gasteiger partial charge in [-0.2, -0.15) is 0 Å². The van der Waals surface area contributed by atoms with Gasteiger partial charge in [0.25, 0.3) is 0 Å². The largest absolute Gasteiger partial charge is 0.492 e. The second-order valence-electron chi connectivity index (χ2n) is 5.53. The van der Waals surface area contributed by atoms with E-state index in [9.17, 15) is 9.90 Å². The zero-order chi connectivity index (χ0) is 18.1. The molecule has 0 aliphatic rings. The monoisotopic (exact) mass is 345 g/mol. The molecule has 1 unspecified atom stereocenters. The predicted octanol–water partition coefficient (Wildman–Crippen LogP) is 0.897. The molecule has 134 valence electrons. The zero-order valence-electron chi connectivity index (χ0n) is 14.1. The lowest BCUT2D eigenvalue weighted by Gasteiger charge is -2.14. The van der Waals surface area contributed by atoms with E-state index in [0.717, 1.165) is 5.56 Å². The van der Waals surface area contributed by atoms with E-state index in [0.29, 0.717) is 36.9 Å². The van der Waals surface area contributed by atoms with Crippen molar-refractivity contribution in [2.75, 3.05) is 26.3 Å². The molecule has 0 saturated carbocycles. The molecular formula is C18H23N3O4. The number of primary amides is 1. The number of aromatic nitrogens is 1. The smallest absolute Gasteiger partial charge is 0.248 e. The third kappa shape index (κ3) is 6.40. The number of nitrogens with one attached hydrogen (secondary N) is 1. The molecule has 1 atom stereocenters. The molecule has 0 aliphatic carbocycles. The Kier molecular flexibility index (Phi) is 7.18. The van der Waals surface area contributed by atoms with Gasteiger partial charge in [-0.3, -0.25) is 4.79 Å². The Morgan fingerprint density at radius 3 is 2.92 bits per heavy atom. The van der Waals surface area contributed by atoms with E-state index in [1.165, 1.54) is 0 Å². The topological polar surface area (TPSA) is 107 Å². The van der Waals surface area contributed by atoms with E-state index in [2.05, 4.69) is 10.3 Å². The molecule has 1 amide bonds. The van der Waals surface area contributed by atoms with E-state index < -0.39 is 12.0 Å². The van der Waals surface area contributed by atoms with Gasteiger partial charge in [0.2, 0.25) is 11.8 Å². The Balaban J connectivity index is 1.62. The zero-order valence-corrected chi connectivity index (χ0v) is 14.1. The van der Waals surface area contributed by atoms with E-state index in [-0.39, 0.29) is 6.61 Å². The Bertz CT molecular complexity index is 694. The van der Waals surface area contributed by atoms with Crippen molar-refractivity contribution in [2.45, 2.75) is 13.0 Å². The van der Waals surface area contributed by atoms with Gasteiger partial charge in [-0.15, -0.1) is 0 Å². The van der Waals surface area contributed by atoms with E-state index in [1.807, 2.05) is 19.1 Å². The number of nitrogens with zero attached hydrogens (tertiary/aromatic N) is 1. The molecule has 4 N–H and O–H groups in total. The average molecular weight is 345 g/mol. The fourth-order valence-electron chi connectivity index (χ4n) is 2.11. The molecule has 0 spiro atoms. The SMILES string of the molecule is Cc1cccnc1OCC(O)CNCCOc1cccc(C(N)=O)c1. The quantitative estimate of drug-likeness (QED) is 0.552. The van der Waals surface area contributed by atoms with E-state index in [4.69, 9.17) is 15.2 Å². The number of amides is 1. The summed E-state index contributed by atoms with van der Waals surface area (Å²) in [6.45, 7) is 3.37. The molecule has 1 aromatic heterocycles. The van der Waals surface area contributed by atoms with Crippen molar-refractivity contribution < 1.29 is 19.4 Å². The lowest BCUT2D eigenvalue weighted by Crippen LogP contribution is -2.33. The minimum absolute atomic E-state index is 0.159. The number of pyridine rings is 1. The summed E-state index contributed by atoms with van der Waals surface area (Å²) >= 11 is 0. The Hall–Kier alpha value is -2.64. The van der Waals surface area contributed by atoms with Crippen molar-refractivity contribution in [2.24, 2.45) is 5.73 Å². The van der Waals surface area contributed by atoms with Gasteiger partial charge in [-0.05, 0) is 31.2 Å². The van der Waals surface area contributed by atoms with Crippen LogP contribution < -0.4 is 20.5 Å². The van der Waals surface area contributed by atoms with Gasteiger partial charge in [0.1, 0.15) is 25.1 Å². The van der Waals surface area contributed by atoms with E-state index >= 15 is 0 Å². The fourth-order valence-corrected chi connectivity index (χ4v) is 2.11. The number of carbonyl (C=O) groups is 1. The molecule has 0 fully saturated rings. The van der Waals surface area contributed by atoms with Crippen molar-refractivity contribution in [1.82, 2.24) is 10.3 Å². The van der Waals surface area contributed by atoms with Gasteiger partial charge in [0.05, 0.1) is 0 Å². The number of rotatable bonds is 10. The van der Waals surface area contributed by atoms with Crippen LogP contribution in [0.3, 0.4) is 0 Å². The first kappa shape index (κ1) is 18.7. The van der Waals surface area contributed by atoms with Gasteiger partial charge in [0.15, 0.2) is 0 Å². The summed E-state index contributed by atoms with van der Waals surface area (Å²) in [5.41, 5.74) is 6.55. The highest BCUT2D eigenvalue weighted by atomic mass is 16.5. The minimum atomic E-state index is -0.653. The maximum atomic E-state index is 11.1. The highest BCUT2D eigenvalue weighted by Gasteiger charge is 2.07. The van der Waals surface area contributed by atoms with Crippen LogP contribution in [0.15, 0.2) is 42.6 Å². The first-order valence-electron chi connectivity index (χ1n) is 8.02. The summed E-state index contributed by atoms with van der Waals surface area (Å²) < 4.78 is 11.0. The molecular weight excluding hydrogens is 322 g/mol. The first-order chi connectivity index (χ1) is 12.1. The van der Waals surface area contributed by atoms with Crippen molar-refractivity contribution >= 4 is 5.91 Å². The second-order valence-corrected chi connectivity index (χ2v) is 5.53. The van der Waals surface area contributed by atoms with E-state index in [1.54, 1.807) is 30.5 Å². The normalized spacial score (nSPS) is 11.8. The Morgan fingerprint density at radius 2 is 2.16 bits per heavy atom. The fraction of sp³-hybridized carbons (Fsp3) is 0.333. The number of hydrogen-bond acceptors (Lipinski definition) is 6. The summed E-state index contributed by atoms with van der Waals surface area (Å²) in [6, 6.07) is 10.4. The van der Waals surface area contributed by atoms with Crippen LogP contribution in [0.1, 0.15) is 15.9 Å². The van der Waals surface area contributed by atoms with Crippen molar-refractivity contribution in [3.8, 4) is 11.6 Å². The third-order valence-corrected chi connectivity index (χ3v) is 3.42. The highest BCUT2D eigenvalue weighted by molar-refractivity contribution is 5.93. The number of aliphatic hydroxyl groups excluding tert-OH is 1. The number of ether oxygens (including phenoxy) is 2. The minimum Gasteiger partial charge on any atom is -0.492 e. The van der Waals surface area contributed by atoms with Crippen LogP contribution in [-0.4, -0.2) is 48.4 Å². The summed E-state index contributed by atoms with van der Waals surface area (Å²) in [4.78, 5) is 15.2. The van der Waals surface area contributed by atoms with Crippen LogP contribution in [0.25, 0.3) is 0 Å². The molecule has 7 nitrogen and oxygen atoms in total. The van der Waals surface area contributed by atoms with Crippen LogP contribution in [0.4, 0.5) is 0 Å². The summed E-state index contributed by atoms with van der Waals surface area (Å²) in [5, 5.41) is 13.0. The van der Waals surface area contributed by atoms with Crippen molar-refractivity contribution in [1.29, 1.82) is 0 Å². The molecule has 2 rings (SSSR count). The molecule has 0 bridgehead atoms. The summed E-state index contributed by atoms with van der Waals surface area (Å²) in [7, 11) is 0. The third-order valence-electron chi connectivity index (χ3n) is 3.42. The van der Waals surface area contributed by atoms with Gasteiger partial charge in [0, 0.05) is 30.4 Å². The first-order valence-corrected chi connectivity index (χ1v) is 8.02. The number of carbonyl (C=O) groups excluding carboxylic acids is 1. The van der Waals surface area contributed by atoms with Gasteiger partial charge < -0.3 is 25.6 Å². The van der Waals surface area contributed by atoms with Gasteiger partial charge in [-0.1, -0.05) is 12.1 Å². The molecule has 2 aromatic rings. The maximum Gasteiger partial charge on any atom is 0.248 e. The predicted molar refractivity (Wildman–Crippen MR) is 93.8 cm³/mol. The average Bonchev–Trinajstić information content (AvgIpc) is 2.61. The Morgan fingerprint density at radius 1 is 1.32 bits per heavy atom. The number of hydrogen-bond donors (Lipinski definition) is 3. The summed E-state index contributed by atoms with van der Waals surface area (Å²) in [5.74, 6) is 0.613. The molecule has 25 heavy (non-hydrogen) atoms. The summed E-state index contributed by atoms with van der Waals surface area (Å²) in [6.07, 6.45) is 0.997. The second kappa shape index (κ2) is 9.61. The number of aryl methyl sites for hydroxylation is 1. The van der Waals surface area contributed by atoms with Crippen LogP contribution in [0, 0.1) is 6.92 Å². The standard InChI is InChI=1S/C18H23N3O4/c1-13-4-3-7-21-18(13)25-12-15(22)11-20-8-9-24-16-6-2-5-14(10-16)17(19)23/h2-7,10,15,20,22H,8-9,11-12H2,1H3,(H2,19,23). The Labute approximate surface area is 146 Å². The van der Waals surface area contributed by atoms with Gasteiger partial charge in [-0.25, -0.2) is 4.98 Å². The van der Waals surface area contributed by atoms with Crippen LogP contribution >= 0.6 is 0 Å². The van der Waals surface area contributed by atoms with Gasteiger partial charge >= 0.3 is 0 Å². The highest BCUT2D eigenvalue weighted by Crippen LogP contribution is 2.13. The maximum absolute atomic E-state index is 11.1. The molecule has 1 aromatic carbocycles. The molecule has 7 heteroatoms. The van der Waals surface area contributed by atoms with Crippen molar-refractivity contribution in [3.05, 3.63) is 53.7 Å². The lowest BCUT2D eigenvalue weighted by atomic mass is 10.2. The number of nitrogens with two attached hydrogens (primary N) is 1. The van der Waals surface area contributed by atoms with Crippen molar-refractivity contribution in [3.63, 3.8) is 0 Å². The molecule has 1 heterocycles. The molecule has 0 aliphatic heterocycles. The molecule has 0 radical (unpaired) electrons. The number of benzene rings is 1. The van der Waals surface area contributed by atoms with Crippen LogP contribution in [0.5, 0.6) is 11.6 Å². The lowest BCUT2D eigenvalue weighted by molar-refractivity contribution is 0.0998. The number of aliphatic hydroxyl groups is 1. The van der Waals surface area contributed by atoms with Crippen LogP contribution in [0.2, 0.25) is 0 Å². The molecule has 0 saturated heterocycles.